The second-order valence-electron chi connectivity index (χ2n) is 6.87. The van der Waals surface area contributed by atoms with Crippen molar-refractivity contribution in [1.82, 2.24) is 15.0 Å². The summed E-state index contributed by atoms with van der Waals surface area (Å²) in [5, 5.41) is 13.0. The minimum atomic E-state index is -0.354. The molecule has 6 nitrogen and oxygen atoms in total. The fourth-order valence-corrected chi connectivity index (χ4v) is 3.42. The molecule has 1 aliphatic heterocycles. The second kappa shape index (κ2) is 7.79. The molecule has 2 aromatic carbocycles. The number of piperazine rings is 1. The fourth-order valence-electron chi connectivity index (χ4n) is 3.42. The number of anilines is 1. The molecule has 0 radical (unpaired) electrons. The van der Waals surface area contributed by atoms with E-state index < -0.39 is 0 Å². The third kappa shape index (κ3) is 3.73. The van der Waals surface area contributed by atoms with Gasteiger partial charge in [-0.15, -0.1) is 0 Å². The Morgan fingerprint density at radius 2 is 1.93 bits per heavy atom. The maximum Gasteiger partial charge on any atom is 0.241 e. The highest BCUT2D eigenvalue weighted by atomic mass is 19.1. The summed E-state index contributed by atoms with van der Waals surface area (Å²) in [5.74, 6) is 0.829. The van der Waals surface area contributed by atoms with Gasteiger partial charge in [0, 0.05) is 31.7 Å². The summed E-state index contributed by atoms with van der Waals surface area (Å²) in [4.78, 5) is 8.74. The van der Waals surface area contributed by atoms with Gasteiger partial charge in [0.15, 0.2) is 0 Å². The Balaban J connectivity index is 1.38. The molecule has 0 amide bonds. The van der Waals surface area contributed by atoms with E-state index in [9.17, 15) is 4.39 Å². The van der Waals surface area contributed by atoms with E-state index in [2.05, 4.69) is 15.0 Å². The molecule has 7 heteroatoms. The van der Waals surface area contributed by atoms with E-state index in [0.717, 1.165) is 24.2 Å². The molecule has 0 aliphatic carbocycles. The first-order chi connectivity index (χ1) is 13.6. The lowest BCUT2D eigenvalue weighted by molar-refractivity contribution is 0.215. The molecule has 0 unspecified atom stereocenters. The van der Waals surface area contributed by atoms with Crippen LogP contribution in [0.25, 0.3) is 11.4 Å². The standard InChI is InChI=1S/C21H20FN5O/c1-15-4-2-3-5-17(15)21-24-20(28-25-21)14-26-8-10-27(11-9-26)19-7-6-16(13-23)12-18(19)22/h2-7,12H,8-11,14H2,1H3. The number of aryl methyl sites for hydroxylation is 1. The van der Waals surface area contributed by atoms with Crippen LogP contribution in [-0.4, -0.2) is 41.2 Å². The topological polar surface area (TPSA) is 69.2 Å². The summed E-state index contributed by atoms with van der Waals surface area (Å²) in [6, 6.07) is 14.5. The Morgan fingerprint density at radius 1 is 1.14 bits per heavy atom. The van der Waals surface area contributed by atoms with Gasteiger partial charge in [0.25, 0.3) is 0 Å². The number of halogens is 1. The molecule has 0 N–H and O–H groups in total. The molecule has 1 fully saturated rings. The quantitative estimate of drug-likeness (QED) is 0.694. The summed E-state index contributed by atoms with van der Waals surface area (Å²) in [6.07, 6.45) is 0. The first-order valence-corrected chi connectivity index (χ1v) is 9.19. The van der Waals surface area contributed by atoms with Crippen LogP contribution in [-0.2, 0) is 6.54 Å². The predicted molar refractivity (Wildman–Crippen MR) is 103 cm³/mol. The lowest BCUT2D eigenvalue weighted by Gasteiger charge is -2.35. The minimum Gasteiger partial charge on any atom is -0.367 e. The van der Waals surface area contributed by atoms with E-state index in [1.165, 1.54) is 6.07 Å². The third-order valence-corrected chi connectivity index (χ3v) is 5.00. The lowest BCUT2D eigenvalue weighted by Crippen LogP contribution is -2.46. The summed E-state index contributed by atoms with van der Waals surface area (Å²) in [5.41, 5.74) is 2.95. The average molecular weight is 377 g/mol. The Morgan fingerprint density at radius 3 is 2.64 bits per heavy atom. The van der Waals surface area contributed by atoms with E-state index in [4.69, 9.17) is 9.78 Å². The van der Waals surface area contributed by atoms with Crippen LogP contribution in [0, 0.1) is 24.1 Å². The largest absolute Gasteiger partial charge is 0.367 e. The monoisotopic (exact) mass is 377 g/mol. The molecule has 142 valence electrons. The maximum absolute atomic E-state index is 14.2. The van der Waals surface area contributed by atoms with Crippen molar-refractivity contribution in [3.05, 3.63) is 65.3 Å². The molecule has 2 heterocycles. The van der Waals surface area contributed by atoms with Gasteiger partial charge < -0.3 is 9.42 Å². The molecular formula is C21H20FN5O. The smallest absolute Gasteiger partial charge is 0.241 e. The summed E-state index contributed by atoms with van der Waals surface area (Å²) in [6.45, 7) is 5.52. The zero-order valence-corrected chi connectivity index (χ0v) is 15.6. The van der Waals surface area contributed by atoms with Gasteiger partial charge in [-0.3, -0.25) is 4.90 Å². The van der Waals surface area contributed by atoms with Crippen LogP contribution in [0.4, 0.5) is 10.1 Å². The van der Waals surface area contributed by atoms with Crippen LogP contribution < -0.4 is 4.90 Å². The first kappa shape index (κ1) is 18.1. The third-order valence-electron chi connectivity index (χ3n) is 5.00. The molecule has 3 aromatic rings. The number of aromatic nitrogens is 2. The summed E-state index contributed by atoms with van der Waals surface area (Å²) in [7, 11) is 0. The molecule has 1 aromatic heterocycles. The van der Waals surface area contributed by atoms with Gasteiger partial charge in [-0.25, -0.2) is 4.39 Å². The van der Waals surface area contributed by atoms with E-state index >= 15 is 0 Å². The SMILES string of the molecule is Cc1ccccc1-c1noc(CN2CCN(c3ccc(C#N)cc3F)CC2)n1. The van der Waals surface area contributed by atoms with Crippen LogP contribution in [0.2, 0.25) is 0 Å². The van der Waals surface area contributed by atoms with Gasteiger partial charge in [-0.2, -0.15) is 10.2 Å². The molecule has 0 atom stereocenters. The number of hydrogen-bond acceptors (Lipinski definition) is 6. The van der Waals surface area contributed by atoms with Crippen LogP contribution in [0.1, 0.15) is 17.0 Å². The van der Waals surface area contributed by atoms with Crippen molar-refractivity contribution in [3.63, 3.8) is 0 Å². The Kier molecular flexibility index (Phi) is 5.04. The molecule has 28 heavy (non-hydrogen) atoms. The van der Waals surface area contributed by atoms with E-state index in [1.54, 1.807) is 12.1 Å². The highest BCUT2D eigenvalue weighted by molar-refractivity contribution is 5.59. The Labute approximate surface area is 162 Å². The number of benzene rings is 2. The van der Waals surface area contributed by atoms with E-state index in [0.29, 0.717) is 42.6 Å². The highest BCUT2D eigenvalue weighted by Crippen LogP contribution is 2.23. The molecule has 4 rings (SSSR count). The van der Waals surface area contributed by atoms with E-state index in [1.807, 2.05) is 42.2 Å². The maximum atomic E-state index is 14.2. The molecule has 1 aliphatic rings. The highest BCUT2D eigenvalue weighted by Gasteiger charge is 2.21. The van der Waals surface area contributed by atoms with Gasteiger partial charge in [0.1, 0.15) is 5.82 Å². The molecule has 0 bridgehead atoms. The number of nitrogens with zero attached hydrogens (tertiary/aromatic N) is 5. The average Bonchev–Trinajstić information content (AvgIpc) is 3.17. The number of rotatable bonds is 4. The van der Waals surface area contributed by atoms with Crippen molar-refractivity contribution >= 4 is 5.69 Å². The van der Waals surface area contributed by atoms with Crippen molar-refractivity contribution in [2.24, 2.45) is 0 Å². The van der Waals surface area contributed by atoms with Crippen molar-refractivity contribution in [1.29, 1.82) is 5.26 Å². The van der Waals surface area contributed by atoms with Crippen LogP contribution >= 0.6 is 0 Å². The second-order valence-corrected chi connectivity index (χ2v) is 6.87. The normalized spacial score (nSPS) is 14.8. The Bertz CT molecular complexity index is 1020. The first-order valence-electron chi connectivity index (χ1n) is 9.19. The lowest BCUT2D eigenvalue weighted by atomic mass is 10.1. The van der Waals surface area contributed by atoms with Gasteiger partial charge in [-0.05, 0) is 30.7 Å². The van der Waals surface area contributed by atoms with Gasteiger partial charge >= 0.3 is 0 Å². The molecule has 0 spiro atoms. The van der Waals surface area contributed by atoms with Crippen molar-refractivity contribution in [2.45, 2.75) is 13.5 Å². The van der Waals surface area contributed by atoms with E-state index in [-0.39, 0.29) is 5.82 Å². The van der Waals surface area contributed by atoms with Crippen LogP contribution in [0.15, 0.2) is 47.0 Å². The van der Waals surface area contributed by atoms with Crippen LogP contribution in [0.3, 0.4) is 0 Å². The molecule has 0 saturated carbocycles. The Hall–Kier alpha value is -3.24. The summed E-state index contributed by atoms with van der Waals surface area (Å²) >= 11 is 0. The van der Waals surface area contributed by atoms with Crippen molar-refractivity contribution < 1.29 is 8.91 Å². The minimum absolute atomic E-state index is 0.334. The van der Waals surface area contributed by atoms with Gasteiger partial charge in [0.2, 0.25) is 11.7 Å². The van der Waals surface area contributed by atoms with Gasteiger partial charge in [-0.1, -0.05) is 29.4 Å². The summed E-state index contributed by atoms with van der Waals surface area (Å²) < 4.78 is 19.6. The predicted octanol–water partition coefficient (Wildman–Crippen LogP) is 3.38. The zero-order valence-electron chi connectivity index (χ0n) is 15.6. The molecular weight excluding hydrogens is 357 g/mol. The van der Waals surface area contributed by atoms with Crippen molar-refractivity contribution in [2.75, 3.05) is 31.1 Å². The van der Waals surface area contributed by atoms with Gasteiger partial charge in [0.05, 0.1) is 23.9 Å². The number of hydrogen-bond donors (Lipinski definition) is 0. The zero-order chi connectivity index (χ0) is 19.5. The molecule has 1 saturated heterocycles. The fraction of sp³-hybridized carbons (Fsp3) is 0.286. The van der Waals surface area contributed by atoms with Crippen LogP contribution in [0.5, 0.6) is 0 Å². The number of nitriles is 1. The van der Waals surface area contributed by atoms with Crippen molar-refractivity contribution in [3.8, 4) is 17.5 Å².